The minimum Gasteiger partial charge on any atom is -0.497 e. The maximum Gasteiger partial charge on any atom is 0.417 e. The normalized spacial score (nSPS) is 15.1. The van der Waals surface area contributed by atoms with E-state index in [2.05, 4.69) is 10.1 Å². The summed E-state index contributed by atoms with van der Waals surface area (Å²) in [5, 5.41) is 4.41. The molecule has 3 heterocycles. The number of halogens is 3. The van der Waals surface area contributed by atoms with Crippen LogP contribution in [0.15, 0.2) is 59.5 Å². The van der Waals surface area contributed by atoms with Gasteiger partial charge in [0.15, 0.2) is 0 Å². The summed E-state index contributed by atoms with van der Waals surface area (Å²) in [6.45, 7) is 3.13. The van der Waals surface area contributed by atoms with Crippen LogP contribution < -0.4 is 15.2 Å². The van der Waals surface area contributed by atoms with Gasteiger partial charge in [-0.3, -0.25) is 9.59 Å². The SMILES string of the molecule is COc1ccc(-c2ccc(=O)n(C(C)C(=O)N3CCN(c4ccc(C(F)(F)F)cn4)CC3)n2)cc1. The van der Waals surface area contributed by atoms with Crippen LogP contribution in [0, 0.1) is 0 Å². The summed E-state index contributed by atoms with van der Waals surface area (Å²) in [6.07, 6.45) is -3.63. The Morgan fingerprint density at radius 2 is 1.69 bits per heavy atom. The van der Waals surface area contributed by atoms with Crippen molar-refractivity contribution < 1.29 is 22.7 Å². The molecule has 184 valence electrons. The van der Waals surface area contributed by atoms with Crippen LogP contribution in [0.25, 0.3) is 11.3 Å². The molecule has 1 unspecified atom stereocenters. The van der Waals surface area contributed by atoms with Crippen molar-refractivity contribution in [2.75, 3.05) is 38.2 Å². The van der Waals surface area contributed by atoms with Gasteiger partial charge in [0, 0.05) is 44.0 Å². The second-order valence-corrected chi connectivity index (χ2v) is 8.12. The Bertz CT molecular complexity index is 1230. The van der Waals surface area contributed by atoms with Crippen molar-refractivity contribution in [3.05, 3.63) is 70.6 Å². The third-order valence-corrected chi connectivity index (χ3v) is 5.93. The highest BCUT2D eigenvalue weighted by Gasteiger charge is 2.31. The fourth-order valence-corrected chi connectivity index (χ4v) is 3.88. The first kappa shape index (κ1) is 24.2. The lowest BCUT2D eigenvalue weighted by atomic mass is 10.1. The van der Waals surface area contributed by atoms with Crippen molar-refractivity contribution in [3.8, 4) is 17.0 Å². The molecule has 1 aliphatic rings. The van der Waals surface area contributed by atoms with Gasteiger partial charge in [-0.1, -0.05) is 0 Å². The molecule has 0 saturated carbocycles. The van der Waals surface area contributed by atoms with Gasteiger partial charge >= 0.3 is 6.18 Å². The maximum atomic E-state index is 13.1. The highest BCUT2D eigenvalue weighted by Crippen LogP contribution is 2.29. The number of ether oxygens (including phenoxy) is 1. The number of pyridine rings is 1. The second-order valence-electron chi connectivity index (χ2n) is 8.12. The number of amides is 1. The van der Waals surface area contributed by atoms with Crippen molar-refractivity contribution in [3.63, 3.8) is 0 Å². The van der Waals surface area contributed by atoms with Gasteiger partial charge in [-0.2, -0.15) is 18.3 Å². The van der Waals surface area contributed by atoms with E-state index >= 15 is 0 Å². The van der Waals surface area contributed by atoms with Gasteiger partial charge in [0.2, 0.25) is 5.91 Å². The summed E-state index contributed by atoms with van der Waals surface area (Å²) in [5.74, 6) is 0.853. The number of aromatic nitrogens is 3. The minimum absolute atomic E-state index is 0.258. The maximum absolute atomic E-state index is 13.1. The molecule has 35 heavy (non-hydrogen) atoms. The van der Waals surface area contributed by atoms with Gasteiger partial charge in [-0.25, -0.2) is 9.67 Å². The zero-order valence-electron chi connectivity index (χ0n) is 19.2. The summed E-state index contributed by atoms with van der Waals surface area (Å²) >= 11 is 0. The number of methoxy groups -OCH3 is 1. The van der Waals surface area contributed by atoms with Crippen molar-refractivity contribution >= 4 is 11.7 Å². The lowest BCUT2D eigenvalue weighted by molar-refractivity contribution is -0.138. The topological polar surface area (TPSA) is 80.6 Å². The standard InChI is InChI=1S/C24H24F3N5O3/c1-16(32-22(33)10-8-20(29-32)17-3-6-19(35-2)7-4-17)23(34)31-13-11-30(12-14-31)21-9-5-18(15-28-21)24(25,26)27/h3-10,15-16H,11-14H2,1-2H3. The van der Waals surface area contributed by atoms with Crippen LogP contribution in [0.4, 0.5) is 19.0 Å². The van der Waals surface area contributed by atoms with E-state index in [-0.39, 0.29) is 5.91 Å². The van der Waals surface area contributed by atoms with Gasteiger partial charge < -0.3 is 14.5 Å². The Balaban J connectivity index is 1.43. The quantitative estimate of drug-likeness (QED) is 0.550. The smallest absolute Gasteiger partial charge is 0.417 e. The number of carbonyl (C=O) groups is 1. The molecule has 1 atom stereocenters. The summed E-state index contributed by atoms with van der Waals surface area (Å²) in [5.41, 5.74) is 0.122. The van der Waals surface area contributed by atoms with Gasteiger partial charge in [0.1, 0.15) is 17.6 Å². The molecule has 0 radical (unpaired) electrons. The van der Waals surface area contributed by atoms with Crippen molar-refractivity contribution in [1.29, 1.82) is 0 Å². The molecule has 1 fully saturated rings. The van der Waals surface area contributed by atoms with Gasteiger partial charge in [0.05, 0.1) is 18.4 Å². The van der Waals surface area contributed by atoms with E-state index in [0.717, 1.165) is 17.8 Å². The zero-order chi connectivity index (χ0) is 25.2. The monoisotopic (exact) mass is 487 g/mol. The van der Waals surface area contributed by atoms with Crippen LogP contribution in [0.5, 0.6) is 5.75 Å². The molecule has 3 aromatic rings. The average molecular weight is 487 g/mol. The van der Waals surface area contributed by atoms with E-state index in [1.54, 1.807) is 37.1 Å². The number of rotatable bonds is 5. The Labute approximate surface area is 199 Å². The molecule has 0 bridgehead atoms. The van der Waals surface area contributed by atoms with Crippen LogP contribution >= 0.6 is 0 Å². The number of benzene rings is 1. The molecule has 2 aromatic heterocycles. The molecular weight excluding hydrogens is 463 g/mol. The molecule has 1 saturated heterocycles. The molecule has 1 aromatic carbocycles. The van der Waals surface area contributed by atoms with Crippen LogP contribution in [0.3, 0.4) is 0 Å². The molecule has 8 nitrogen and oxygen atoms in total. The Hall–Kier alpha value is -3.89. The van der Waals surface area contributed by atoms with Crippen molar-refractivity contribution in [1.82, 2.24) is 19.7 Å². The molecule has 4 rings (SSSR count). The van der Waals surface area contributed by atoms with Crippen LogP contribution in [-0.2, 0) is 11.0 Å². The fraction of sp³-hybridized carbons (Fsp3) is 0.333. The lowest BCUT2D eigenvalue weighted by Gasteiger charge is -2.36. The van der Waals surface area contributed by atoms with Crippen LogP contribution in [0.1, 0.15) is 18.5 Å². The summed E-state index contributed by atoms with van der Waals surface area (Å²) in [6, 6.07) is 11.7. The number of anilines is 1. The highest BCUT2D eigenvalue weighted by molar-refractivity contribution is 5.80. The molecule has 0 aliphatic carbocycles. The predicted octanol–water partition coefficient (Wildman–Crippen LogP) is 3.24. The number of piperazine rings is 1. The average Bonchev–Trinajstić information content (AvgIpc) is 2.88. The largest absolute Gasteiger partial charge is 0.497 e. The molecule has 1 aliphatic heterocycles. The van der Waals surface area contributed by atoms with E-state index in [9.17, 15) is 22.8 Å². The molecular formula is C24H24F3N5O3. The van der Waals surface area contributed by atoms with E-state index in [1.165, 1.54) is 16.8 Å². The Kier molecular flexibility index (Phi) is 6.77. The number of carbonyl (C=O) groups excluding carboxylic acids is 1. The third-order valence-electron chi connectivity index (χ3n) is 5.93. The van der Waals surface area contributed by atoms with Gasteiger partial charge in [-0.15, -0.1) is 0 Å². The Morgan fingerprint density at radius 1 is 1.00 bits per heavy atom. The first-order valence-corrected chi connectivity index (χ1v) is 11.0. The number of hydrogen-bond donors (Lipinski definition) is 0. The summed E-state index contributed by atoms with van der Waals surface area (Å²) in [7, 11) is 1.57. The number of hydrogen-bond acceptors (Lipinski definition) is 6. The second kappa shape index (κ2) is 9.77. The van der Waals surface area contributed by atoms with E-state index in [1.807, 2.05) is 17.0 Å². The predicted molar refractivity (Wildman–Crippen MR) is 123 cm³/mol. The molecule has 1 amide bonds. The minimum atomic E-state index is -4.44. The molecule has 0 N–H and O–H groups in total. The fourth-order valence-electron chi connectivity index (χ4n) is 3.88. The van der Waals surface area contributed by atoms with E-state index in [0.29, 0.717) is 43.4 Å². The first-order chi connectivity index (χ1) is 16.7. The number of nitrogens with zero attached hydrogens (tertiary/aromatic N) is 5. The van der Waals surface area contributed by atoms with E-state index < -0.39 is 23.3 Å². The Morgan fingerprint density at radius 3 is 2.26 bits per heavy atom. The van der Waals surface area contributed by atoms with Crippen molar-refractivity contribution in [2.24, 2.45) is 0 Å². The number of alkyl halides is 3. The van der Waals surface area contributed by atoms with Crippen molar-refractivity contribution in [2.45, 2.75) is 19.1 Å². The summed E-state index contributed by atoms with van der Waals surface area (Å²) in [4.78, 5) is 33.0. The third kappa shape index (κ3) is 5.28. The van der Waals surface area contributed by atoms with Gasteiger partial charge in [-0.05, 0) is 49.4 Å². The zero-order valence-corrected chi connectivity index (χ0v) is 19.2. The van der Waals surface area contributed by atoms with Crippen LogP contribution in [0.2, 0.25) is 0 Å². The first-order valence-electron chi connectivity index (χ1n) is 11.0. The highest BCUT2D eigenvalue weighted by atomic mass is 19.4. The van der Waals surface area contributed by atoms with Gasteiger partial charge in [0.25, 0.3) is 5.56 Å². The van der Waals surface area contributed by atoms with Crippen LogP contribution in [-0.4, -0.2) is 58.9 Å². The molecule has 0 spiro atoms. The summed E-state index contributed by atoms with van der Waals surface area (Å²) < 4.78 is 44.6. The lowest BCUT2D eigenvalue weighted by Crippen LogP contribution is -2.51. The van der Waals surface area contributed by atoms with E-state index in [4.69, 9.17) is 4.74 Å². The molecule has 11 heteroatoms.